The van der Waals surface area contributed by atoms with Crippen molar-refractivity contribution in [1.29, 1.82) is 0 Å². The number of aliphatic hydroxyl groups is 1. The minimum atomic E-state index is -0.653. The maximum absolute atomic E-state index is 12.4. The van der Waals surface area contributed by atoms with Crippen molar-refractivity contribution in [2.45, 2.75) is 43.9 Å². The molecule has 1 amide bonds. The lowest BCUT2D eigenvalue weighted by atomic mass is 10.0. The Morgan fingerprint density at radius 1 is 1.50 bits per heavy atom. The van der Waals surface area contributed by atoms with Crippen molar-refractivity contribution in [2.75, 3.05) is 14.2 Å². The number of methoxy groups -OCH3 is 1. The number of hydrogen-bond acceptors (Lipinski definition) is 4. The predicted molar refractivity (Wildman–Crippen MR) is 74.4 cm³/mol. The molecule has 112 valence electrons. The molecule has 0 saturated heterocycles. The third-order valence-electron chi connectivity index (χ3n) is 4.07. The number of ether oxygens (including phenoxy) is 1. The van der Waals surface area contributed by atoms with Crippen molar-refractivity contribution in [1.82, 2.24) is 14.7 Å². The van der Waals surface area contributed by atoms with E-state index in [2.05, 4.69) is 5.10 Å². The third kappa shape index (κ3) is 3.02. The van der Waals surface area contributed by atoms with Gasteiger partial charge in [-0.25, -0.2) is 0 Å². The molecule has 0 bridgehead atoms. The van der Waals surface area contributed by atoms with E-state index in [1.54, 1.807) is 43.1 Å². The normalized spacial score (nSPS) is 27.1. The molecule has 2 rings (SSSR count). The summed E-state index contributed by atoms with van der Waals surface area (Å²) in [6.45, 7) is 0. The number of aliphatic hydroxyl groups excluding tert-OH is 1. The molecular formula is C14H23N3O3. The van der Waals surface area contributed by atoms with Crippen LogP contribution in [0.1, 0.15) is 36.2 Å². The van der Waals surface area contributed by atoms with Gasteiger partial charge in [0.2, 0.25) is 0 Å². The molecule has 20 heavy (non-hydrogen) atoms. The van der Waals surface area contributed by atoms with E-state index >= 15 is 0 Å². The summed E-state index contributed by atoms with van der Waals surface area (Å²) >= 11 is 0. The first-order valence-corrected chi connectivity index (χ1v) is 7.02. The summed E-state index contributed by atoms with van der Waals surface area (Å²) in [7, 11) is 5.11. The number of rotatable bonds is 3. The van der Waals surface area contributed by atoms with Crippen molar-refractivity contribution in [3.05, 3.63) is 18.0 Å². The lowest BCUT2D eigenvalue weighted by Crippen LogP contribution is -2.49. The Morgan fingerprint density at radius 3 is 2.80 bits per heavy atom. The van der Waals surface area contributed by atoms with Gasteiger partial charge in [0, 0.05) is 27.4 Å². The van der Waals surface area contributed by atoms with Gasteiger partial charge < -0.3 is 14.7 Å². The molecule has 0 unspecified atom stereocenters. The molecule has 0 aliphatic heterocycles. The molecule has 1 N–H and O–H groups in total. The van der Waals surface area contributed by atoms with Crippen molar-refractivity contribution in [2.24, 2.45) is 7.05 Å². The molecule has 3 atom stereocenters. The van der Waals surface area contributed by atoms with Gasteiger partial charge in [0.1, 0.15) is 11.8 Å². The van der Waals surface area contributed by atoms with Crippen LogP contribution in [0, 0.1) is 0 Å². The van der Waals surface area contributed by atoms with Gasteiger partial charge in [-0.15, -0.1) is 0 Å². The molecule has 0 spiro atoms. The van der Waals surface area contributed by atoms with Crippen LogP contribution in [0.3, 0.4) is 0 Å². The second-order valence-corrected chi connectivity index (χ2v) is 5.41. The Morgan fingerprint density at radius 2 is 2.20 bits per heavy atom. The van der Waals surface area contributed by atoms with Crippen LogP contribution in [0.4, 0.5) is 0 Å². The largest absolute Gasteiger partial charge is 0.388 e. The molecule has 1 saturated carbocycles. The molecule has 1 heterocycles. The first-order valence-electron chi connectivity index (χ1n) is 7.02. The number of carbonyl (C=O) groups excluding carboxylic acids is 1. The van der Waals surface area contributed by atoms with E-state index in [-0.39, 0.29) is 18.1 Å². The van der Waals surface area contributed by atoms with Crippen molar-refractivity contribution < 1.29 is 14.6 Å². The fourth-order valence-corrected chi connectivity index (χ4v) is 2.83. The zero-order valence-electron chi connectivity index (χ0n) is 12.3. The molecular weight excluding hydrogens is 258 g/mol. The number of amides is 1. The summed E-state index contributed by atoms with van der Waals surface area (Å²) in [5.74, 6) is -0.161. The standard InChI is InChI=1S/C14H23N3O3/c1-16-9-8-10(15-16)14(19)17(2)11-6-4-5-7-12(20-3)13(11)18/h8-9,11-13,18H,4-7H2,1-3H3/t11-,12-,13-/m1/s1. The maximum Gasteiger partial charge on any atom is 0.274 e. The highest BCUT2D eigenvalue weighted by molar-refractivity contribution is 5.92. The van der Waals surface area contributed by atoms with Crippen LogP contribution in [0.5, 0.6) is 0 Å². The Kier molecular flexibility index (Phi) is 4.77. The molecule has 0 aromatic carbocycles. The Labute approximate surface area is 119 Å². The minimum absolute atomic E-state index is 0.161. The van der Waals surface area contributed by atoms with Crippen LogP contribution in [0.15, 0.2) is 12.3 Å². The lowest BCUT2D eigenvalue weighted by molar-refractivity contribution is -0.0463. The first-order chi connectivity index (χ1) is 9.54. The summed E-state index contributed by atoms with van der Waals surface area (Å²) < 4.78 is 6.95. The van der Waals surface area contributed by atoms with Gasteiger partial charge in [-0.3, -0.25) is 9.48 Å². The van der Waals surface area contributed by atoms with E-state index < -0.39 is 6.10 Å². The molecule has 1 aliphatic carbocycles. The fourth-order valence-electron chi connectivity index (χ4n) is 2.83. The predicted octanol–water partition coefficient (Wildman–Crippen LogP) is 0.811. The quantitative estimate of drug-likeness (QED) is 0.833. The lowest BCUT2D eigenvalue weighted by Gasteiger charge is -2.33. The van der Waals surface area contributed by atoms with Gasteiger partial charge >= 0.3 is 0 Å². The molecule has 0 radical (unpaired) electrons. The zero-order chi connectivity index (χ0) is 14.7. The molecule has 1 aromatic rings. The first kappa shape index (κ1) is 15.0. The van der Waals surface area contributed by atoms with Gasteiger partial charge in [-0.1, -0.05) is 12.8 Å². The highest BCUT2D eigenvalue weighted by atomic mass is 16.5. The molecule has 1 aliphatic rings. The molecule has 1 aromatic heterocycles. The van der Waals surface area contributed by atoms with Crippen LogP contribution < -0.4 is 0 Å². The van der Waals surface area contributed by atoms with Crippen LogP contribution in [-0.4, -0.2) is 58.1 Å². The van der Waals surface area contributed by atoms with Crippen LogP contribution in [-0.2, 0) is 11.8 Å². The van der Waals surface area contributed by atoms with E-state index in [0.717, 1.165) is 25.7 Å². The Hall–Kier alpha value is -1.40. The number of likely N-dealkylation sites (N-methyl/N-ethyl adjacent to an activating group) is 1. The number of aryl methyl sites for hydroxylation is 1. The summed E-state index contributed by atoms with van der Waals surface area (Å²) in [6.07, 6.45) is 4.50. The summed E-state index contributed by atoms with van der Waals surface area (Å²) in [5.41, 5.74) is 0.403. The maximum atomic E-state index is 12.4. The van der Waals surface area contributed by atoms with Crippen molar-refractivity contribution in [3.8, 4) is 0 Å². The SMILES string of the molecule is CO[C@@H]1CCCC[C@@H](N(C)C(=O)c2ccn(C)n2)[C@H]1O. The number of carbonyl (C=O) groups is 1. The van der Waals surface area contributed by atoms with Crippen LogP contribution in [0.2, 0.25) is 0 Å². The van der Waals surface area contributed by atoms with Crippen LogP contribution in [0.25, 0.3) is 0 Å². The fraction of sp³-hybridized carbons (Fsp3) is 0.714. The zero-order valence-corrected chi connectivity index (χ0v) is 12.3. The second-order valence-electron chi connectivity index (χ2n) is 5.41. The minimum Gasteiger partial charge on any atom is -0.388 e. The molecule has 6 nitrogen and oxygen atoms in total. The van der Waals surface area contributed by atoms with Gasteiger partial charge in [0.25, 0.3) is 5.91 Å². The van der Waals surface area contributed by atoms with E-state index in [1.165, 1.54) is 0 Å². The average Bonchev–Trinajstić information content (AvgIpc) is 2.78. The van der Waals surface area contributed by atoms with E-state index in [4.69, 9.17) is 4.74 Å². The summed E-state index contributed by atoms with van der Waals surface area (Å²) in [5, 5.41) is 14.6. The van der Waals surface area contributed by atoms with Gasteiger partial charge in [0.05, 0.1) is 12.1 Å². The second kappa shape index (κ2) is 6.37. The molecule has 6 heteroatoms. The van der Waals surface area contributed by atoms with Crippen LogP contribution >= 0.6 is 0 Å². The highest BCUT2D eigenvalue weighted by Crippen LogP contribution is 2.24. The summed E-state index contributed by atoms with van der Waals surface area (Å²) in [6, 6.07) is 1.47. The highest BCUT2D eigenvalue weighted by Gasteiger charge is 2.35. The van der Waals surface area contributed by atoms with Crippen molar-refractivity contribution >= 4 is 5.91 Å². The van der Waals surface area contributed by atoms with Gasteiger partial charge in [-0.2, -0.15) is 5.10 Å². The van der Waals surface area contributed by atoms with Gasteiger partial charge in [0.15, 0.2) is 0 Å². The van der Waals surface area contributed by atoms with E-state index in [0.29, 0.717) is 5.69 Å². The number of aromatic nitrogens is 2. The average molecular weight is 281 g/mol. The number of nitrogens with zero attached hydrogens (tertiary/aromatic N) is 3. The summed E-state index contributed by atoms with van der Waals surface area (Å²) in [4.78, 5) is 14.0. The van der Waals surface area contributed by atoms with Gasteiger partial charge in [-0.05, 0) is 18.9 Å². The molecule has 1 fully saturated rings. The Balaban J connectivity index is 2.13. The number of hydrogen-bond donors (Lipinski definition) is 1. The smallest absolute Gasteiger partial charge is 0.274 e. The Bertz CT molecular complexity index is 460. The third-order valence-corrected chi connectivity index (χ3v) is 4.07. The van der Waals surface area contributed by atoms with E-state index in [1.807, 2.05) is 0 Å². The monoisotopic (exact) mass is 281 g/mol. The topological polar surface area (TPSA) is 67.6 Å². The van der Waals surface area contributed by atoms with E-state index in [9.17, 15) is 9.90 Å². The van der Waals surface area contributed by atoms with Crippen molar-refractivity contribution in [3.63, 3.8) is 0 Å².